The largest absolute Gasteiger partial charge is 0.338 e. The van der Waals surface area contributed by atoms with Crippen LogP contribution in [-0.2, 0) is 23.5 Å². The molecule has 5 heteroatoms. The Balaban J connectivity index is 2.22. The maximum Gasteiger partial charge on any atom is 0.219 e. The average molecular weight is 225 g/mol. The first kappa shape index (κ1) is 10.5. The molecule has 1 aliphatic heterocycles. The minimum atomic E-state index is 0.150. The van der Waals surface area contributed by atoms with Gasteiger partial charge in [0.25, 0.3) is 0 Å². The normalized spacial score (nSPS) is 15.2. The molecule has 1 N–H and O–H groups in total. The number of hydrogen-bond acceptors (Lipinski definition) is 3. The molecule has 0 saturated heterocycles. The third kappa shape index (κ3) is 2.02. The van der Waals surface area contributed by atoms with Gasteiger partial charge in [-0.15, -0.1) is 0 Å². The Bertz CT molecular complexity index is 375. The van der Waals surface area contributed by atoms with Crippen molar-refractivity contribution in [1.82, 2.24) is 15.1 Å². The van der Waals surface area contributed by atoms with Crippen molar-refractivity contribution in [2.45, 2.75) is 25.6 Å². The van der Waals surface area contributed by atoms with Crippen LogP contribution in [0, 0.1) is 0 Å². The third-order valence-corrected chi connectivity index (χ3v) is 3.31. The van der Waals surface area contributed by atoms with Gasteiger partial charge in [-0.3, -0.25) is 9.89 Å². The molecule has 15 heavy (non-hydrogen) atoms. The van der Waals surface area contributed by atoms with Crippen LogP contribution in [0.4, 0.5) is 0 Å². The highest BCUT2D eigenvalue weighted by Gasteiger charge is 2.22. The van der Waals surface area contributed by atoms with Crippen LogP contribution in [-0.4, -0.2) is 33.8 Å². The van der Waals surface area contributed by atoms with Gasteiger partial charge in [0.2, 0.25) is 5.91 Å². The highest BCUT2D eigenvalue weighted by molar-refractivity contribution is 7.97. The van der Waals surface area contributed by atoms with Crippen LogP contribution >= 0.6 is 11.8 Å². The Morgan fingerprint density at radius 1 is 1.67 bits per heavy atom. The number of carbonyl (C=O) groups excluding carboxylic acids is 1. The van der Waals surface area contributed by atoms with E-state index < -0.39 is 0 Å². The number of nitrogens with one attached hydrogen (secondary N) is 1. The van der Waals surface area contributed by atoms with Crippen LogP contribution in [0.1, 0.15) is 23.9 Å². The fourth-order valence-electron chi connectivity index (χ4n) is 1.88. The SMILES string of the molecule is CSCc1n[nH]c2c1CN(C(C)=O)CC2. The van der Waals surface area contributed by atoms with Gasteiger partial charge in [0.05, 0.1) is 5.69 Å². The molecule has 1 amide bonds. The van der Waals surface area contributed by atoms with E-state index in [1.807, 2.05) is 4.90 Å². The summed E-state index contributed by atoms with van der Waals surface area (Å²) in [5.41, 5.74) is 3.53. The first-order valence-corrected chi connectivity index (χ1v) is 6.41. The fraction of sp³-hybridized carbons (Fsp3) is 0.600. The van der Waals surface area contributed by atoms with E-state index in [9.17, 15) is 4.79 Å². The van der Waals surface area contributed by atoms with E-state index in [-0.39, 0.29) is 5.91 Å². The van der Waals surface area contributed by atoms with Gasteiger partial charge in [-0.25, -0.2) is 0 Å². The number of thioether (sulfide) groups is 1. The molecule has 0 unspecified atom stereocenters. The molecule has 0 saturated carbocycles. The zero-order valence-electron chi connectivity index (χ0n) is 9.04. The Morgan fingerprint density at radius 3 is 3.13 bits per heavy atom. The molecule has 4 nitrogen and oxygen atoms in total. The molecule has 0 bridgehead atoms. The number of aromatic amines is 1. The van der Waals surface area contributed by atoms with E-state index in [0.717, 1.165) is 31.0 Å². The molecule has 0 fully saturated rings. The van der Waals surface area contributed by atoms with E-state index in [2.05, 4.69) is 16.5 Å². The number of aromatic nitrogens is 2. The first-order valence-electron chi connectivity index (χ1n) is 5.01. The summed E-state index contributed by atoms with van der Waals surface area (Å²) in [7, 11) is 0. The topological polar surface area (TPSA) is 49.0 Å². The molecule has 0 aliphatic carbocycles. The van der Waals surface area contributed by atoms with E-state index in [1.54, 1.807) is 18.7 Å². The third-order valence-electron chi connectivity index (χ3n) is 2.75. The van der Waals surface area contributed by atoms with E-state index in [0.29, 0.717) is 0 Å². The monoisotopic (exact) mass is 225 g/mol. The summed E-state index contributed by atoms with van der Waals surface area (Å²) in [5.74, 6) is 1.06. The highest BCUT2D eigenvalue weighted by Crippen LogP contribution is 2.22. The standard InChI is InChI=1S/C10H15N3OS/c1-7(14)13-4-3-9-8(5-13)10(6-15-2)12-11-9/h3-6H2,1-2H3,(H,11,12). The van der Waals surface area contributed by atoms with Crippen LogP contribution in [0.3, 0.4) is 0 Å². The number of carbonyl (C=O) groups is 1. The molecule has 0 spiro atoms. The Labute approximate surface area is 93.4 Å². The molecule has 0 aromatic carbocycles. The van der Waals surface area contributed by atoms with Crippen molar-refractivity contribution in [2.24, 2.45) is 0 Å². The van der Waals surface area contributed by atoms with Crippen molar-refractivity contribution in [3.8, 4) is 0 Å². The summed E-state index contributed by atoms with van der Waals surface area (Å²) < 4.78 is 0. The van der Waals surface area contributed by atoms with E-state index in [4.69, 9.17) is 0 Å². The Hall–Kier alpha value is -0.970. The maximum absolute atomic E-state index is 11.3. The van der Waals surface area contributed by atoms with E-state index >= 15 is 0 Å². The fourth-order valence-corrected chi connectivity index (χ4v) is 2.39. The lowest BCUT2D eigenvalue weighted by atomic mass is 10.1. The van der Waals surface area contributed by atoms with Crippen molar-refractivity contribution < 1.29 is 4.79 Å². The van der Waals surface area contributed by atoms with Crippen molar-refractivity contribution in [1.29, 1.82) is 0 Å². The highest BCUT2D eigenvalue weighted by atomic mass is 32.2. The molecule has 1 aromatic rings. The first-order chi connectivity index (χ1) is 7.22. The zero-order chi connectivity index (χ0) is 10.8. The molecular weight excluding hydrogens is 210 g/mol. The van der Waals surface area contributed by atoms with Gasteiger partial charge >= 0.3 is 0 Å². The van der Waals surface area contributed by atoms with Gasteiger partial charge in [0.15, 0.2) is 0 Å². The van der Waals surface area contributed by atoms with Crippen LogP contribution in [0.25, 0.3) is 0 Å². The molecule has 0 atom stereocenters. The quantitative estimate of drug-likeness (QED) is 0.822. The van der Waals surface area contributed by atoms with Crippen LogP contribution in [0.2, 0.25) is 0 Å². The smallest absolute Gasteiger partial charge is 0.219 e. The van der Waals surface area contributed by atoms with Crippen molar-refractivity contribution in [3.05, 3.63) is 17.0 Å². The predicted molar refractivity (Wildman–Crippen MR) is 60.6 cm³/mol. The lowest BCUT2D eigenvalue weighted by Gasteiger charge is -2.25. The summed E-state index contributed by atoms with van der Waals surface area (Å²) in [5, 5.41) is 7.37. The van der Waals surface area contributed by atoms with Gasteiger partial charge in [-0.1, -0.05) is 0 Å². The Kier molecular flexibility index (Phi) is 3.00. The maximum atomic E-state index is 11.3. The van der Waals surface area contributed by atoms with E-state index in [1.165, 1.54) is 11.3 Å². The van der Waals surface area contributed by atoms with Crippen molar-refractivity contribution in [3.63, 3.8) is 0 Å². The zero-order valence-corrected chi connectivity index (χ0v) is 9.86. The lowest BCUT2D eigenvalue weighted by Crippen LogP contribution is -2.34. The number of H-pyrrole nitrogens is 1. The van der Waals surface area contributed by atoms with Crippen LogP contribution in [0.5, 0.6) is 0 Å². The molecule has 82 valence electrons. The Morgan fingerprint density at radius 2 is 2.47 bits per heavy atom. The van der Waals surface area contributed by atoms with Crippen LogP contribution in [0.15, 0.2) is 0 Å². The predicted octanol–water partition coefficient (Wildman–Crippen LogP) is 1.18. The second-order valence-electron chi connectivity index (χ2n) is 3.75. The minimum Gasteiger partial charge on any atom is -0.338 e. The van der Waals surface area contributed by atoms with Gasteiger partial charge < -0.3 is 4.90 Å². The second-order valence-corrected chi connectivity index (χ2v) is 4.62. The summed E-state index contributed by atoms with van der Waals surface area (Å²) in [6.07, 6.45) is 2.96. The minimum absolute atomic E-state index is 0.150. The molecule has 0 radical (unpaired) electrons. The molecule has 2 heterocycles. The van der Waals surface area contributed by atoms with Gasteiger partial charge in [0, 0.05) is 43.4 Å². The number of rotatable bonds is 2. The molecule has 1 aromatic heterocycles. The number of nitrogens with zero attached hydrogens (tertiary/aromatic N) is 2. The second kappa shape index (κ2) is 4.26. The van der Waals surface area contributed by atoms with Crippen molar-refractivity contribution in [2.75, 3.05) is 12.8 Å². The van der Waals surface area contributed by atoms with Gasteiger partial charge in [-0.2, -0.15) is 16.9 Å². The average Bonchev–Trinajstić information content (AvgIpc) is 2.61. The molecule has 2 rings (SSSR count). The summed E-state index contributed by atoms with van der Waals surface area (Å²) in [4.78, 5) is 13.2. The van der Waals surface area contributed by atoms with Gasteiger partial charge in [-0.05, 0) is 6.26 Å². The summed E-state index contributed by atoms with van der Waals surface area (Å²) >= 11 is 1.76. The number of hydrogen-bond donors (Lipinski definition) is 1. The summed E-state index contributed by atoms with van der Waals surface area (Å²) in [6, 6.07) is 0. The van der Waals surface area contributed by atoms with Crippen LogP contribution < -0.4 is 0 Å². The van der Waals surface area contributed by atoms with Crippen molar-refractivity contribution >= 4 is 17.7 Å². The van der Waals surface area contributed by atoms with Gasteiger partial charge in [0.1, 0.15) is 0 Å². The molecular formula is C10H15N3OS. The summed E-state index contributed by atoms with van der Waals surface area (Å²) in [6.45, 7) is 3.15. The number of amides is 1. The number of fused-ring (bicyclic) bond motifs is 1. The molecule has 1 aliphatic rings. The lowest BCUT2D eigenvalue weighted by molar-refractivity contribution is -0.129.